The zero-order valence-electron chi connectivity index (χ0n) is 11.5. The van der Waals surface area contributed by atoms with Crippen LogP contribution in [-0.2, 0) is 9.59 Å². The molecule has 18 heavy (non-hydrogen) atoms. The summed E-state index contributed by atoms with van der Waals surface area (Å²) >= 11 is 0. The molecule has 1 saturated heterocycles. The van der Waals surface area contributed by atoms with Gasteiger partial charge in [-0.1, -0.05) is 6.92 Å². The molecule has 0 bridgehead atoms. The molecule has 0 spiro atoms. The molecule has 0 radical (unpaired) electrons. The Morgan fingerprint density at radius 3 is 2.67 bits per heavy atom. The van der Waals surface area contributed by atoms with Gasteiger partial charge in [0.1, 0.15) is 0 Å². The number of amides is 1. The van der Waals surface area contributed by atoms with Crippen LogP contribution in [-0.4, -0.2) is 35.1 Å². The van der Waals surface area contributed by atoms with E-state index in [-0.39, 0.29) is 18.4 Å². The third-order valence-corrected chi connectivity index (χ3v) is 3.48. The lowest BCUT2D eigenvalue weighted by molar-refractivity contribution is -0.138. The fourth-order valence-electron chi connectivity index (χ4n) is 2.29. The molecule has 3 N–H and O–H groups in total. The molecule has 1 aliphatic rings. The van der Waals surface area contributed by atoms with Gasteiger partial charge in [-0.2, -0.15) is 0 Å². The summed E-state index contributed by atoms with van der Waals surface area (Å²) < 4.78 is 0. The molecule has 2 unspecified atom stereocenters. The summed E-state index contributed by atoms with van der Waals surface area (Å²) in [5, 5.41) is 14.9. The van der Waals surface area contributed by atoms with E-state index in [1.807, 2.05) is 13.8 Å². The minimum Gasteiger partial charge on any atom is -0.481 e. The molecule has 5 nitrogen and oxygen atoms in total. The summed E-state index contributed by atoms with van der Waals surface area (Å²) in [5.74, 6) is -0.520. The number of piperidine rings is 1. The molecule has 0 saturated carbocycles. The third-order valence-electron chi connectivity index (χ3n) is 3.48. The van der Waals surface area contributed by atoms with Crippen LogP contribution in [0.25, 0.3) is 0 Å². The van der Waals surface area contributed by atoms with Crippen LogP contribution in [0.15, 0.2) is 0 Å². The number of carbonyl (C=O) groups is 2. The van der Waals surface area contributed by atoms with Gasteiger partial charge in [0.05, 0.1) is 6.04 Å². The van der Waals surface area contributed by atoms with Gasteiger partial charge in [-0.25, -0.2) is 0 Å². The normalized spacial score (nSPS) is 24.6. The van der Waals surface area contributed by atoms with E-state index >= 15 is 0 Å². The number of carboxylic acid groups (broad SMARTS) is 1. The Labute approximate surface area is 108 Å². The lowest BCUT2D eigenvalue weighted by atomic mass is 9.90. The number of nitrogens with one attached hydrogen (secondary N) is 2. The molecule has 1 rings (SSSR count). The summed E-state index contributed by atoms with van der Waals surface area (Å²) in [6.07, 6.45) is 2.67. The number of hydrogen-bond donors (Lipinski definition) is 3. The smallest absolute Gasteiger partial charge is 0.303 e. The van der Waals surface area contributed by atoms with Crippen molar-refractivity contribution in [2.75, 3.05) is 6.54 Å². The first kappa shape index (κ1) is 15.0. The minimum absolute atomic E-state index is 0.0161. The second-order valence-electron chi connectivity index (χ2n) is 5.82. The molecule has 2 atom stereocenters. The second kappa shape index (κ2) is 6.18. The van der Waals surface area contributed by atoms with E-state index in [1.54, 1.807) is 0 Å². The molecule has 0 aliphatic carbocycles. The third kappa shape index (κ3) is 4.64. The Morgan fingerprint density at radius 2 is 2.11 bits per heavy atom. The first-order valence-electron chi connectivity index (χ1n) is 6.59. The summed E-state index contributed by atoms with van der Waals surface area (Å²) in [7, 11) is 0. The van der Waals surface area contributed by atoms with Crippen molar-refractivity contribution in [1.29, 1.82) is 0 Å². The van der Waals surface area contributed by atoms with Crippen LogP contribution in [0, 0.1) is 5.92 Å². The number of hydrogen-bond acceptors (Lipinski definition) is 3. The molecular formula is C13H24N2O3. The van der Waals surface area contributed by atoms with E-state index in [0.717, 1.165) is 19.4 Å². The van der Waals surface area contributed by atoms with Crippen LogP contribution < -0.4 is 10.6 Å². The van der Waals surface area contributed by atoms with Crippen molar-refractivity contribution in [3.63, 3.8) is 0 Å². The number of carboxylic acids is 1. The van der Waals surface area contributed by atoms with Crippen molar-refractivity contribution in [2.24, 2.45) is 5.92 Å². The molecular weight excluding hydrogens is 232 g/mol. The summed E-state index contributed by atoms with van der Waals surface area (Å²) in [6.45, 7) is 6.67. The maximum atomic E-state index is 12.1. The van der Waals surface area contributed by atoms with Crippen LogP contribution in [0.5, 0.6) is 0 Å². The molecule has 1 amide bonds. The topological polar surface area (TPSA) is 78.4 Å². The highest BCUT2D eigenvalue weighted by molar-refractivity contribution is 5.83. The van der Waals surface area contributed by atoms with Crippen molar-refractivity contribution in [3.05, 3.63) is 0 Å². The zero-order valence-corrected chi connectivity index (χ0v) is 11.5. The van der Waals surface area contributed by atoms with Crippen LogP contribution in [0.2, 0.25) is 0 Å². The van der Waals surface area contributed by atoms with Crippen molar-refractivity contribution < 1.29 is 14.7 Å². The quantitative estimate of drug-likeness (QED) is 0.689. The largest absolute Gasteiger partial charge is 0.481 e. The SMILES string of the molecule is CC1CCCNC1C(=O)NC(C)(C)CCC(=O)O. The molecule has 1 heterocycles. The first-order valence-corrected chi connectivity index (χ1v) is 6.59. The van der Waals surface area contributed by atoms with Gasteiger partial charge in [0.2, 0.25) is 5.91 Å². The zero-order chi connectivity index (χ0) is 13.8. The van der Waals surface area contributed by atoms with Crippen molar-refractivity contribution in [2.45, 2.75) is 58.0 Å². The molecule has 104 valence electrons. The fraction of sp³-hybridized carbons (Fsp3) is 0.846. The molecule has 1 aliphatic heterocycles. The van der Waals surface area contributed by atoms with Crippen LogP contribution in [0.4, 0.5) is 0 Å². The van der Waals surface area contributed by atoms with Gasteiger partial charge in [-0.15, -0.1) is 0 Å². The predicted molar refractivity (Wildman–Crippen MR) is 69.3 cm³/mol. The predicted octanol–water partition coefficient (Wildman–Crippen LogP) is 1.13. The Hall–Kier alpha value is -1.10. The van der Waals surface area contributed by atoms with Gasteiger partial charge in [0.25, 0.3) is 0 Å². The van der Waals surface area contributed by atoms with Gasteiger partial charge in [-0.05, 0) is 45.6 Å². The Bertz CT molecular complexity index is 315. The van der Waals surface area contributed by atoms with E-state index in [9.17, 15) is 9.59 Å². The first-order chi connectivity index (χ1) is 8.32. The van der Waals surface area contributed by atoms with Crippen LogP contribution >= 0.6 is 0 Å². The molecule has 0 aromatic carbocycles. The van der Waals surface area contributed by atoms with Crippen molar-refractivity contribution >= 4 is 11.9 Å². The van der Waals surface area contributed by atoms with Crippen molar-refractivity contribution in [3.8, 4) is 0 Å². The molecule has 1 fully saturated rings. The molecule has 0 aromatic rings. The number of carbonyl (C=O) groups excluding carboxylic acids is 1. The summed E-state index contributed by atoms with van der Waals surface area (Å²) in [4.78, 5) is 22.7. The standard InChI is InChI=1S/C13H24N2O3/c1-9-5-4-8-14-11(9)12(18)15-13(2,3)7-6-10(16)17/h9,11,14H,4-8H2,1-3H3,(H,15,18)(H,16,17). The average molecular weight is 256 g/mol. The van der Waals surface area contributed by atoms with Crippen molar-refractivity contribution in [1.82, 2.24) is 10.6 Å². The molecule has 0 aromatic heterocycles. The minimum atomic E-state index is -0.832. The highest BCUT2D eigenvalue weighted by Gasteiger charge is 2.31. The lowest BCUT2D eigenvalue weighted by Crippen LogP contribution is -2.55. The van der Waals surface area contributed by atoms with Gasteiger partial charge in [0.15, 0.2) is 0 Å². The maximum absolute atomic E-state index is 12.1. The highest BCUT2D eigenvalue weighted by Crippen LogP contribution is 2.18. The van der Waals surface area contributed by atoms with Crippen LogP contribution in [0.1, 0.15) is 46.5 Å². The number of aliphatic carboxylic acids is 1. The Kier molecular flexibility index (Phi) is 5.14. The highest BCUT2D eigenvalue weighted by atomic mass is 16.4. The van der Waals surface area contributed by atoms with Crippen LogP contribution in [0.3, 0.4) is 0 Å². The lowest BCUT2D eigenvalue weighted by Gasteiger charge is -2.33. The van der Waals surface area contributed by atoms with E-state index in [0.29, 0.717) is 12.3 Å². The van der Waals surface area contributed by atoms with Gasteiger partial charge in [-0.3, -0.25) is 9.59 Å². The van der Waals surface area contributed by atoms with Gasteiger partial charge in [0, 0.05) is 12.0 Å². The van der Waals surface area contributed by atoms with E-state index in [4.69, 9.17) is 5.11 Å². The molecule has 5 heteroatoms. The number of rotatable bonds is 5. The van der Waals surface area contributed by atoms with E-state index in [1.165, 1.54) is 0 Å². The fourth-order valence-corrected chi connectivity index (χ4v) is 2.29. The summed E-state index contributed by atoms with van der Waals surface area (Å²) in [5.41, 5.74) is -0.478. The average Bonchev–Trinajstić information content (AvgIpc) is 2.26. The van der Waals surface area contributed by atoms with Gasteiger partial charge >= 0.3 is 5.97 Å². The second-order valence-corrected chi connectivity index (χ2v) is 5.82. The summed E-state index contributed by atoms with van der Waals surface area (Å²) in [6, 6.07) is -0.150. The van der Waals surface area contributed by atoms with E-state index < -0.39 is 11.5 Å². The maximum Gasteiger partial charge on any atom is 0.303 e. The van der Waals surface area contributed by atoms with E-state index in [2.05, 4.69) is 17.6 Å². The Balaban J connectivity index is 2.49. The Morgan fingerprint density at radius 1 is 1.44 bits per heavy atom. The monoisotopic (exact) mass is 256 g/mol. The van der Waals surface area contributed by atoms with Gasteiger partial charge < -0.3 is 15.7 Å².